The van der Waals surface area contributed by atoms with Crippen molar-refractivity contribution in [1.82, 2.24) is 15.3 Å². The van der Waals surface area contributed by atoms with E-state index in [0.29, 0.717) is 11.5 Å². The lowest BCUT2D eigenvalue weighted by Crippen LogP contribution is -2.40. The number of aromatic nitrogens is 2. The van der Waals surface area contributed by atoms with Gasteiger partial charge < -0.3 is 16.2 Å². The van der Waals surface area contributed by atoms with Crippen LogP contribution in [0.4, 0.5) is 0 Å². The zero-order valence-corrected chi connectivity index (χ0v) is 10.1. The van der Waals surface area contributed by atoms with Crippen molar-refractivity contribution in [2.24, 2.45) is 5.73 Å². The number of rotatable bonds is 6. The lowest BCUT2D eigenvalue weighted by molar-refractivity contribution is -0.137. The van der Waals surface area contributed by atoms with Crippen LogP contribution in [-0.2, 0) is 16.1 Å². The number of carboxylic acids is 1. The fourth-order valence-electron chi connectivity index (χ4n) is 1.32. The predicted molar refractivity (Wildman–Crippen MR) is 63.5 cm³/mol. The number of amides is 1. The van der Waals surface area contributed by atoms with Crippen LogP contribution in [0.2, 0.25) is 0 Å². The van der Waals surface area contributed by atoms with Crippen molar-refractivity contribution in [2.45, 2.75) is 32.4 Å². The molecule has 1 unspecified atom stereocenters. The van der Waals surface area contributed by atoms with E-state index in [4.69, 9.17) is 10.8 Å². The molecule has 0 saturated carbocycles. The van der Waals surface area contributed by atoms with E-state index in [9.17, 15) is 9.59 Å². The summed E-state index contributed by atoms with van der Waals surface area (Å²) in [7, 11) is 0. The molecule has 1 aromatic heterocycles. The summed E-state index contributed by atoms with van der Waals surface area (Å²) in [5.41, 5.74) is 6.23. The molecule has 0 bridgehead atoms. The summed E-state index contributed by atoms with van der Waals surface area (Å²) in [5.74, 6) is -0.728. The summed E-state index contributed by atoms with van der Waals surface area (Å²) < 4.78 is 0. The smallest absolute Gasteiger partial charge is 0.303 e. The molecule has 1 aromatic rings. The molecular weight excluding hydrogens is 236 g/mol. The van der Waals surface area contributed by atoms with Gasteiger partial charge in [0.1, 0.15) is 5.82 Å². The highest BCUT2D eigenvalue weighted by Crippen LogP contribution is 1.97. The fraction of sp³-hybridized carbons (Fsp3) is 0.455. The third-order valence-corrected chi connectivity index (χ3v) is 2.28. The molecule has 0 aliphatic rings. The first kappa shape index (κ1) is 14.0. The van der Waals surface area contributed by atoms with Crippen LogP contribution < -0.4 is 11.1 Å². The molecule has 1 heterocycles. The molecule has 0 fully saturated rings. The van der Waals surface area contributed by atoms with Gasteiger partial charge in [-0.2, -0.15) is 0 Å². The van der Waals surface area contributed by atoms with Gasteiger partial charge in [-0.05, 0) is 19.4 Å². The van der Waals surface area contributed by atoms with E-state index in [2.05, 4.69) is 15.3 Å². The average Bonchev–Trinajstić information content (AvgIpc) is 2.33. The largest absolute Gasteiger partial charge is 0.481 e. The standard InChI is InChI=1S/C11H16N4O3/c1-7-13-5-4-8(15-7)6-14-11(18)9(12)2-3-10(16)17/h4-5,9H,2-3,6,12H2,1H3,(H,14,18)(H,16,17). The zero-order valence-electron chi connectivity index (χ0n) is 10.1. The van der Waals surface area contributed by atoms with Gasteiger partial charge in [-0.15, -0.1) is 0 Å². The minimum absolute atomic E-state index is 0.115. The predicted octanol–water partition coefficient (Wildman–Crippen LogP) is -0.407. The molecule has 1 atom stereocenters. The number of hydrogen-bond donors (Lipinski definition) is 3. The Morgan fingerprint density at radius 2 is 2.28 bits per heavy atom. The summed E-state index contributed by atoms with van der Waals surface area (Å²) in [4.78, 5) is 29.9. The first-order valence-corrected chi connectivity index (χ1v) is 5.52. The van der Waals surface area contributed by atoms with Gasteiger partial charge in [-0.1, -0.05) is 0 Å². The molecule has 0 radical (unpaired) electrons. The second kappa shape index (κ2) is 6.65. The highest BCUT2D eigenvalue weighted by atomic mass is 16.4. The third-order valence-electron chi connectivity index (χ3n) is 2.28. The van der Waals surface area contributed by atoms with Crippen molar-refractivity contribution in [1.29, 1.82) is 0 Å². The summed E-state index contributed by atoms with van der Waals surface area (Å²) in [6, 6.07) is 0.875. The molecule has 0 saturated heterocycles. The maximum Gasteiger partial charge on any atom is 0.303 e. The highest BCUT2D eigenvalue weighted by Gasteiger charge is 2.14. The monoisotopic (exact) mass is 252 g/mol. The summed E-state index contributed by atoms with van der Waals surface area (Å²) in [5, 5.41) is 11.1. The Hall–Kier alpha value is -2.02. The van der Waals surface area contributed by atoms with Crippen molar-refractivity contribution in [3.05, 3.63) is 23.8 Å². The van der Waals surface area contributed by atoms with Crippen LogP contribution in [0.5, 0.6) is 0 Å². The van der Waals surface area contributed by atoms with Crippen molar-refractivity contribution in [3.8, 4) is 0 Å². The van der Waals surface area contributed by atoms with Gasteiger partial charge in [0, 0.05) is 12.6 Å². The summed E-state index contributed by atoms with van der Waals surface area (Å²) in [6.07, 6.45) is 1.60. The second-order valence-corrected chi connectivity index (χ2v) is 3.85. The average molecular weight is 252 g/mol. The molecule has 98 valence electrons. The maximum absolute atomic E-state index is 11.5. The minimum atomic E-state index is -0.968. The molecule has 7 heteroatoms. The minimum Gasteiger partial charge on any atom is -0.481 e. The van der Waals surface area contributed by atoms with Crippen LogP contribution in [-0.4, -0.2) is 33.0 Å². The van der Waals surface area contributed by atoms with E-state index in [0.717, 1.165) is 0 Å². The van der Waals surface area contributed by atoms with E-state index >= 15 is 0 Å². The highest BCUT2D eigenvalue weighted by molar-refractivity contribution is 5.82. The van der Waals surface area contributed by atoms with Crippen molar-refractivity contribution < 1.29 is 14.7 Å². The van der Waals surface area contributed by atoms with Gasteiger partial charge in [0.25, 0.3) is 0 Å². The number of nitrogens with zero attached hydrogens (tertiary/aromatic N) is 2. The number of aliphatic carboxylic acids is 1. The van der Waals surface area contributed by atoms with Gasteiger partial charge >= 0.3 is 5.97 Å². The SMILES string of the molecule is Cc1nccc(CNC(=O)C(N)CCC(=O)O)n1. The third kappa shape index (κ3) is 4.88. The van der Waals surface area contributed by atoms with Crippen LogP contribution >= 0.6 is 0 Å². The number of carbonyl (C=O) groups is 2. The maximum atomic E-state index is 11.5. The molecule has 1 rings (SSSR count). The van der Waals surface area contributed by atoms with Crippen LogP contribution in [0.15, 0.2) is 12.3 Å². The van der Waals surface area contributed by atoms with Crippen LogP contribution in [0.1, 0.15) is 24.4 Å². The molecule has 1 amide bonds. The van der Waals surface area contributed by atoms with Crippen LogP contribution in [0.3, 0.4) is 0 Å². The lowest BCUT2D eigenvalue weighted by atomic mass is 10.1. The van der Waals surface area contributed by atoms with Gasteiger partial charge in [0.05, 0.1) is 18.3 Å². The molecule has 0 aromatic carbocycles. The number of aryl methyl sites for hydroxylation is 1. The van der Waals surface area contributed by atoms with E-state index in [-0.39, 0.29) is 25.3 Å². The number of carboxylic acid groups (broad SMARTS) is 1. The Morgan fingerprint density at radius 3 is 2.89 bits per heavy atom. The number of carbonyl (C=O) groups excluding carboxylic acids is 1. The van der Waals surface area contributed by atoms with Crippen molar-refractivity contribution in [2.75, 3.05) is 0 Å². The van der Waals surface area contributed by atoms with E-state index in [1.165, 1.54) is 0 Å². The normalized spacial score (nSPS) is 11.9. The molecule has 0 spiro atoms. The molecule has 0 aliphatic carbocycles. The number of nitrogens with one attached hydrogen (secondary N) is 1. The van der Waals surface area contributed by atoms with Crippen LogP contribution in [0, 0.1) is 6.92 Å². The Bertz CT molecular complexity index is 436. The van der Waals surface area contributed by atoms with Gasteiger partial charge in [-0.3, -0.25) is 9.59 Å². The Morgan fingerprint density at radius 1 is 1.56 bits per heavy atom. The first-order valence-electron chi connectivity index (χ1n) is 5.52. The van der Waals surface area contributed by atoms with E-state index < -0.39 is 12.0 Å². The second-order valence-electron chi connectivity index (χ2n) is 3.85. The lowest BCUT2D eigenvalue weighted by Gasteiger charge is -2.10. The zero-order chi connectivity index (χ0) is 13.5. The molecule has 18 heavy (non-hydrogen) atoms. The number of hydrogen-bond acceptors (Lipinski definition) is 5. The van der Waals surface area contributed by atoms with Gasteiger partial charge in [0.2, 0.25) is 5.91 Å². The Labute approximate surface area is 104 Å². The fourth-order valence-corrected chi connectivity index (χ4v) is 1.32. The molecule has 4 N–H and O–H groups in total. The quantitative estimate of drug-likeness (QED) is 0.633. The topological polar surface area (TPSA) is 118 Å². The summed E-state index contributed by atoms with van der Waals surface area (Å²) in [6.45, 7) is 2.01. The van der Waals surface area contributed by atoms with Crippen molar-refractivity contribution in [3.63, 3.8) is 0 Å². The van der Waals surface area contributed by atoms with E-state index in [1.807, 2.05) is 0 Å². The Kier molecular flexibility index (Phi) is 5.19. The molecular formula is C11H16N4O3. The summed E-state index contributed by atoms with van der Waals surface area (Å²) >= 11 is 0. The molecule has 0 aliphatic heterocycles. The van der Waals surface area contributed by atoms with Crippen molar-refractivity contribution >= 4 is 11.9 Å². The Balaban J connectivity index is 2.38. The van der Waals surface area contributed by atoms with E-state index in [1.54, 1.807) is 19.2 Å². The van der Waals surface area contributed by atoms with Gasteiger partial charge in [0.15, 0.2) is 0 Å². The molecule has 7 nitrogen and oxygen atoms in total. The first-order chi connectivity index (χ1) is 8.49. The number of nitrogens with two attached hydrogens (primary N) is 1. The van der Waals surface area contributed by atoms with Gasteiger partial charge in [-0.25, -0.2) is 9.97 Å². The van der Waals surface area contributed by atoms with Crippen LogP contribution in [0.25, 0.3) is 0 Å².